The van der Waals surface area contributed by atoms with Crippen molar-refractivity contribution >= 4 is 6.09 Å². The summed E-state index contributed by atoms with van der Waals surface area (Å²) in [5.74, 6) is 0.488. The Morgan fingerprint density at radius 1 is 1.64 bits per heavy atom. The molecular formula is C10H20N2O2. The van der Waals surface area contributed by atoms with E-state index in [1.165, 1.54) is 6.42 Å². The van der Waals surface area contributed by atoms with Crippen LogP contribution in [0.1, 0.15) is 26.7 Å². The number of nitrogens with one attached hydrogen (secondary N) is 2. The molecular weight excluding hydrogens is 180 g/mol. The van der Waals surface area contributed by atoms with Gasteiger partial charge < -0.3 is 15.4 Å². The predicted molar refractivity (Wildman–Crippen MR) is 55.2 cm³/mol. The van der Waals surface area contributed by atoms with E-state index < -0.39 is 0 Å². The van der Waals surface area contributed by atoms with Crippen LogP contribution in [-0.2, 0) is 4.74 Å². The van der Waals surface area contributed by atoms with E-state index >= 15 is 0 Å². The van der Waals surface area contributed by atoms with Crippen LogP contribution in [0.3, 0.4) is 0 Å². The van der Waals surface area contributed by atoms with E-state index in [1.54, 1.807) is 0 Å². The summed E-state index contributed by atoms with van der Waals surface area (Å²) in [7, 11) is 0. The maximum absolute atomic E-state index is 11.1. The number of amides is 1. The molecule has 1 unspecified atom stereocenters. The molecule has 0 bridgehead atoms. The molecule has 0 saturated carbocycles. The minimum Gasteiger partial charge on any atom is -0.449 e. The third kappa shape index (κ3) is 4.46. The summed E-state index contributed by atoms with van der Waals surface area (Å²) in [6, 6.07) is 0.145. The molecule has 1 rings (SSSR count). The summed E-state index contributed by atoms with van der Waals surface area (Å²) in [5, 5.41) is 5.99. The minimum absolute atomic E-state index is 0.145. The molecule has 0 aromatic heterocycles. The van der Waals surface area contributed by atoms with E-state index in [0.717, 1.165) is 19.5 Å². The SMILES string of the molecule is CC(C)NC(=O)OCC1CCCNC1. The number of rotatable bonds is 3. The van der Waals surface area contributed by atoms with E-state index in [9.17, 15) is 4.79 Å². The minimum atomic E-state index is -0.300. The van der Waals surface area contributed by atoms with Gasteiger partial charge in [-0.3, -0.25) is 0 Å². The van der Waals surface area contributed by atoms with Crippen LogP contribution in [0.25, 0.3) is 0 Å². The smallest absolute Gasteiger partial charge is 0.407 e. The lowest BCUT2D eigenvalue weighted by Gasteiger charge is -2.22. The van der Waals surface area contributed by atoms with E-state index in [-0.39, 0.29) is 12.1 Å². The van der Waals surface area contributed by atoms with Gasteiger partial charge in [0.1, 0.15) is 0 Å². The molecule has 4 heteroatoms. The molecule has 2 N–H and O–H groups in total. The highest BCUT2D eigenvalue weighted by molar-refractivity contribution is 5.67. The molecule has 0 spiro atoms. The number of carbonyl (C=O) groups excluding carboxylic acids is 1. The van der Waals surface area contributed by atoms with Crippen LogP contribution in [0.2, 0.25) is 0 Å². The zero-order valence-corrected chi connectivity index (χ0v) is 9.01. The quantitative estimate of drug-likeness (QED) is 0.717. The molecule has 1 saturated heterocycles. The number of carbonyl (C=O) groups is 1. The molecule has 0 aliphatic carbocycles. The summed E-state index contributed by atoms with van der Waals surface area (Å²) in [5.41, 5.74) is 0. The van der Waals surface area contributed by atoms with Crippen molar-refractivity contribution < 1.29 is 9.53 Å². The van der Waals surface area contributed by atoms with E-state index in [1.807, 2.05) is 13.8 Å². The topological polar surface area (TPSA) is 50.4 Å². The summed E-state index contributed by atoms with van der Waals surface area (Å²) in [6.45, 7) is 6.43. The molecule has 1 aliphatic heterocycles. The van der Waals surface area contributed by atoms with Gasteiger partial charge in [-0.05, 0) is 33.2 Å². The molecule has 4 nitrogen and oxygen atoms in total. The van der Waals surface area contributed by atoms with Gasteiger partial charge in [-0.25, -0.2) is 4.79 Å². The molecule has 0 aromatic carbocycles. The normalized spacial score (nSPS) is 22.1. The summed E-state index contributed by atoms with van der Waals surface area (Å²) in [4.78, 5) is 11.1. The number of hydrogen-bond acceptors (Lipinski definition) is 3. The summed E-state index contributed by atoms with van der Waals surface area (Å²) in [6.07, 6.45) is 2.03. The molecule has 1 fully saturated rings. The first-order chi connectivity index (χ1) is 6.68. The highest BCUT2D eigenvalue weighted by Gasteiger charge is 2.15. The van der Waals surface area contributed by atoms with Crippen molar-refractivity contribution in [1.82, 2.24) is 10.6 Å². The lowest BCUT2D eigenvalue weighted by atomic mass is 10.0. The summed E-state index contributed by atoms with van der Waals surface area (Å²) < 4.78 is 5.10. The second-order valence-corrected chi connectivity index (χ2v) is 4.11. The van der Waals surface area contributed by atoms with Crippen LogP contribution < -0.4 is 10.6 Å². The molecule has 1 atom stereocenters. The Balaban J connectivity index is 2.09. The molecule has 14 heavy (non-hydrogen) atoms. The van der Waals surface area contributed by atoms with Gasteiger partial charge in [0, 0.05) is 18.5 Å². The maximum Gasteiger partial charge on any atom is 0.407 e. The van der Waals surface area contributed by atoms with Crippen molar-refractivity contribution in [1.29, 1.82) is 0 Å². The Morgan fingerprint density at radius 3 is 3.00 bits per heavy atom. The third-order valence-corrected chi connectivity index (χ3v) is 2.26. The molecule has 0 radical (unpaired) electrons. The van der Waals surface area contributed by atoms with Crippen molar-refractivity contribution in [3.63, 3.8) is 0 Å². The Labute approximate surface area is 85.4 Å². The van der Waals surface area contributed by atoms with E-state index in [0.29, 0.717) is 12.5 Å². The fourth-order valence-electron chi connectivity index (χ4n) is 1.54. The first-order valence-corrected chi connectivity index (χ1v) is 5.32. The standard InChI is InChI=1S/C10H20N2O2/c1-8(2)12-10(13)14-7-9-4-3-5-11-6-9/h8-9,11H,3-7H2,1-2H3,(H,12,13). The van der Waals surface area contributed by atoms with Crippen molar-refractivity contribution in [2.45, 2.75) is 32.7 Å². The van der Waals surface area contributed by atoms with Crippen LogP contribution in [0.5, 0.6) is 0 Å². The van der Waals surface area contributed by atoms with Gasteiger partial charge in [0.05, 0.1) is 6.61 Å². The zero-order chi connectivity index (χ0) is 10.4. The number of hydrogen-bond donors (Lipinski definition) is 2. The molecule has 82 valence electrons. The lowest BCUT2D eigenvalue weighted by Crippen LogP contribution is -2.36. The zero-order valence-electron chi connectivity index (χ0n) is 9.01. The highest BCUT2D eigenvalue weighted by atomic mass is 16.5. The van der Waals surface area contributed by atoms with Crippen molar-refractivity contribution in [2.24, 2.45) is 5.92 Å². The van der Waals surface area contributed by atoms with Crippen LogP contribution >= 0.6 is 0 Å². The Bertz CT molecular complexity index is 177. The maximum atomic E-state index is 11.1. The number of ether oxygens (including phenoxy) is 1. The second kappa shape index (κ2) is 5.86. The van der Waals surface area contributed by atoms with Gasteiger partial charge in [0.15, 0.2) is 0 Å². The van der Waals surface area contributed by atoms with Crippen molar-refractivity contribution in [2.75, 3.05) is 19.7 Å². The van der Waals surface area contributed by atoms with Crippen molar-refractivity contribution in [3.05, 3.63) is 0 Å². The monoisotopic (exact) mass is 200 g/mol. The second-order valence-electron chi connectivity index (χ2n) is 4.11. The van der Waals surface area contributed by atoms with Crippen molar-refractivity contribution in [3.8, 4) is 0 Å². The van der Waals surface area contributed by atoms with Gasteiger partial charge in [-0.2, -0.15) is 0 Å². The molecule has 1 heterocycles. The Hall–Kier alpha value is -0.770. The van der Waals surface area contributed by atoms with E-state index in [2.05, 4.69) is 10.6 Å². The first kappa shape index (κ1) is 11.3. The average Bonchev–Trinajstić information content (AvgIpc) is 2.15. The highest BCUT2D eigenvalue weighted by Crippen LogP contribution is 2.09. The molecule has 0 aromatic rings. The van der Waals surface area contributed by atoms with Gasteiger partial charge in [-0.1, -0.05) is 0 Å². The Kier molecular flexibility index (Phi) is 4.73. The van der Waals surface area contributed by atoms with Crippen LogP contribution in [-0.4, -0.2) is 31.8 Å². The number of alkyl carbamates (subject to hydrolysis) is 1. The predicted octanol–water partition coefficient (Wildman–Crippen LogP) is 1.12. The molecule has 1 aliphatic rings. The first-order valence-electron chi connectivity index (χ1n) is 5.32. The van der Waals surface area contributed by atoms with Crippen LogP contribution in [0.4, 0.5) is 4.79 Å². The van der Waals surface area contributed by atoms with Gasteiger partial charge in [0.2, 0.25) is 0 Å². The average molecular weight is 200 g/mol. The number of piperidine rings is 1. The third-order valence-electron chi connectivity index (χ3n) is 2.26. The summed E-state index contributed by atoms with van der Waals surface area (Å²) >= 11 is 0. The largest absolute Gasteiger partial charge is 0.449 e. The lowest BCUT2D eigenvalue weighted by molar-refractivity contribution is 0.117. The molecule has 1 amide bonds. The van der Waals surface area contributed by atoms with Crippen LogP contribution in [0.15, 0.2) is 0 Å². The van der Waals surface area contributed by atoms with Gasteiger partial charge in [-0.15, -0.1) is 0 Å². The fraction of sp³-hybridized carbons (Fsp3) is 0.900. The van der Waals surface area contributed by atoms with Gasteiger partial charge in [0.25, 0.3) is 0 Å². The Morgan fingerprint density at radius 2 is 2.43 bits per heavy atom. The van der Waals surface area contributed by atoms with Gasteiger partial charge >= 0.3 is 6.09 Å². The van der Waals surface area contributed by atoms with E-state index in [4.69, 9.17) is 4.74 Å². The van der Waals surface area contributed by atoms with Crippen LogP contribution in [0, 0.1) is 5.92 Å². The fourth-order valence-corrected chi connectivity index (χ4v) is 1.54.